The number of rotatable bonds is 3. The maximum Gasteiger partial charge on any atom is 0.329 e. The van der Waals surface area contributed by atoms with Crippen LogP contribution in [0.1, 0.15) is 15.9 Å². The summed E-state index contributed by atoms with van der Waals surface area (Å²) in [7, 11) is 5.10. The molecule has 0 fully saturated rings. The molecule has 6 nitrogen and oxygen atoms in total. The van der Waals surface area contributed by atoms with E-state index >= 15 is 0 Å². The fourth-order valence-corrected chi connectivity index (χ4v) is 2.88. The fraction of sp³-hybridized carbons (Fsp3) is 0.278. The van der Waals surface area contributed by atoms with Crippen LogP contribution >= 0.6 is 0 Å². The molecule has 1 aromatic carbocycles. The maximum atomic E-state index is 13.0. The molecule has 6 heteroatoms. The number of aromatic nitrogens is 1. The van der Waals surface area contributed by atoms with E-state index in [0.29, 0.717) is 12.0 Å². The van der Waals surface area contributed by atoms with Gasteiger partial charge in [0.25, 0.3) is 5.91 Å². The van der Waals surface area contributed by atoms with E-state index in [0.717, 1.165) is 17.1 Å². The number of amides is 1. The molecule has 1 atom stereocenters. The number of fused-ring (bicyclic) bond motifs is 1. The van der Waals surface area contributed by atoms with Crippen molar-refractivity contribution in [1.29, 1.82) is 0 Å². The predicted molar refractivity (Wildman–Crippen MR) is 91.3 cm³/mol. The largest absolute Gasteiger partial charge is 0.467 e. The topological polar surface area (TPSA) is 62.7 Å². The minimum absolute atomic E-state index is 0.256. The number of nitrogens with zero attached hydrogens (tertiary/aromatic N) is 3. The average Bonchev–Trinajstić information content (AvgIpc) is 3.00. The van der Waals surface area contributed by atoms with Gasteiger partial charge in [0, 0.05) is 32.4 Å². The van der Waals surface area contributed by atoms with Crippen LogP contribution in [-0.4, -0.2) is 44.1 Å². The first kappa shape index (κ1) is 16.0. The summed E-state index contributed by atoms with van der Waals surface area (Å²) in [4.78, 5) is 32.8. The number of pyridine rings is 1. The molecule has 0 N–H and O–H groups in total. The van der Waals surface area contributed by atoms with Gasteiger partial charge in [-0.15, -0.1) is 0 Å². The van der Waals surface area contributed by atoms with Crippen molar-refractivity contribution in [3.63, 3.8) is 0 Å². The normalized spacial score (nSPS) is 15.8. The number of carbonyl (C=O) groups excluding carboxylic acids is 2. The van der Waals surface area contributed by atoms with Gasteiger partial charge >= 0.3 is 5.97 Å². The number of carbonyl (C=O) groups is 2. The zero-order chi connectivity index (χ0) is 17.3. The molecule has 124 valence electrons. The number of hydrogen-bond donors (Lipinski definition) is 0. The van der Waals surface area contributed by atoms with Gasteiger partial charge in [-0.3, -0.25) is 9.69 Å². The van der Waals surface area contributed by atoms with E-state index < -0.39 is 12.0 Å². The summed E-state index contributed by atoms with van der Waals surface area (Å²) in [6.07, 6.45) is 1.99. The number of hydrogen-bond acceptors (Lipinski definition) is 5. The lowest BCUT2D eigenvalue weighted by molar-refractivity contribution is -0.141. The Morgan fingerprint density at radius 2 is 1.96 bits per heavy atom. The summed E-state index contributed by atoms with van der Waals surface area (Å²) in [6.45, 7) is 0. The number of anilines is 2. The van der Waals surface area contributed by atoms with Crippen LogP contribution in [0.3, 0.4) is 0 Å². The molecule has 1 unspecified atom stereocenters. The summed E-state index contributed by atoms with van der Waals surface area (Å²) >= 11 is 0. The number of ether oxygens (including phenoxy) is 1. The van der Waals surface area contributed by atoms with Crippen LogP contribution in [0.4, 0.5) is 11.5 Å². The molecule has 0 saturated heterocycles. The Bertz CT molecular complexity index is 771. The molecule has 0 aliphatic carbocycles. The Morgan fingerprint density at radius 3 is 2.58 bits per heavy atom. The number of benzene rings is 1. The molecule has 1 aliphatic rings. The second-order valence-electron chi connectivity index (χ2n) is 5.85. The summed E-state index contributed by atoms with van der Waals surface area (Å²) in [5.74, 6) is 0.0865. The van der Waals surface area contributed by atoms with Crippen molar-refractivity contribution < 1.29 is 14.3 Å². The van der Waals surface area contributed by atoms with Gasteiger partial charge in [0.15, 0.2) is 0 Å². The molecule has 0 spiro atoms. The summed E-state index contributed by atoms with van der Waals surface area (Å²) < 4.78 is 4.88. The predicted octanol–water partition coefficient (Wildman–Crippen LogP) is 1.89. The standard InChI is InChI=1S/C18H19N3O3/c1-20(2)16-9-8-13(11-19-16)17(22)21-14-7-5-4-6-12(14)10-15(21)18(23)24-3/h4-9,11,15H,10H2,1-3H3. The van der Waals surface area contributed by atoms with Crippen molar-refractivity contribution >= 4 is 23.4 Å². The van der Waals surface area contributed by atoms with E-state index in [9.17, 15) is 9.59 Å². The second kappa shape index (κ2) is 6.31. The number of para-hydroxylation sites is 1. The first-order chi connectivity index (χ1) is 11.5. The van der Waals surface area contributed by atoms with Crippen LogP contribution in [0.25, 0.3) is 0 Å². The van der Waals surface area contributed by atoms with Gasteiger partial charge in [-0.1, -0.05) is 18.2 Å². The van der Waals surface area contributed by atoms with Gasteiger partial charge in [0.2, 0.25) is 0 Å². The molecule has 3 rings (SSSR count). The van der Waals surface area contributed by atoms with E-state index in [2.05, 4.69) is 4.98 Å². The second-order valence-corrected chi connectivity index (χ2v) is 5.85. The third kappa shape index (κ3) is 2.71. The van der Waals surface area contributed by atoms with Crippen molar-refractivity contribution in [2.24, 2.45) is 0 Å². The van der Waals surface area contributed by atoms with Crippen molar-refractivity contribution in [2.45, 2.75) is 12.5 Å². The molecular formula is C18H19N3O3. The lowest BCUT2D eigenvalue weighted by atomic mass is 10.1. The molecule has 0 saturated carbocycles. The van der Waals surface area contributed by atoms with E-state index in [1.807, 2.05) is 43.3 Å². The van der Waals surface area contributed by atoms with E-state index in [1.165, 1.54) is 18.2 Å². The van der Waals surface area contributed by atoms with E-state index in [4.69, 9.17) is 4.74 Å². The van der Waals surface area contributed by atoms with Crippen LogP contribution in [-0.2, 0) is 16.0 Å². The maximum absolute atomic E-state index is 13.0. The zero-order valence-corrected chi connectivity index (χ0v) is 13.9. The third-order valence-electron chi connectivity index (χ3n) is 4.12. The van der Waals surface area contributed by atoms with Crippen LogP contribution in [0.2, 0.25) is 0 Å². The SMILES string of the molecule is COC(=O)C1Cc2ccccc2N1C(=O)c1ccc(N(C)C)nc1. The molecular weight excluding hydrogens is 306 g/mol. The summed E-state index contributed by atoms with van der Waals surface area (Å²) in [5.41, 5.74) is 2.14. The quantitative estimate of drug-likeness (QED) is 0.807. The fourth-order valence-electron chi connectivity index (χ4n) is 2.88. The van der Waals surface area contributed by atoms with Gasteiger partial charge in [-0.25, -0.2) is 9.78 Å². The number of methoxy groups -OCH3 is 1. The highest BCUT2D eigenvalue weighted by Crippen LogP contribution is 2.33. The highest BCUT2D eigenvalue weighted by Gasteiger charge is 2.39. The van der Waals surface area contributed by atoms with Crippen molar-refractivity contribution in [1.82, 2.24) is 4.98 Å². The summed E-state index contributed by atoms with van der Waals surface area (Å²) in [6, 6.07) is 10.4. The Balaban J connectivity index is 1.97. The molecule has 0 radical (unpaired) electrons. The first-order valence-corrected chi connectivity index (χ1v) is 7.65. The van der Waals surface area contributed by atoms with Gasteiger partial charge in [-0.2, -0.15) is 0 Å². The highest BCUT2D eigenvalue weighted by atomic mass is 16.5. The molecule has 2 aromatic rings. The Labute approximate surface area is 140 Å². The average molecular weight is 325 g/mol. The smallest absolute Gasteiger partial charge is 0.329 e. The lowest BCUT2D eigenvalue weighted by Crippen LogP contribution is -2.43. The van der Waals surface area contributed by atoms with Gasteiger partial charge in [0.05, 0.1) is 12.7 Å². The lowest BCUT2D eigenvalue weighted by Gasteiger charge is -2.24. The van der Waals surface area contributed by atoms with Gasteiger partial charge < -0.3 is 9.64 Å². The van der Waals surface area contributed by atoms with Gasteiger partial charge in [0.1, 0.15) is 11.9 Å². The van der Waals surface area contributed by atoms with Crippen molar-refractivity contribution in [3.8, 4) is 0 Å². The molecule has 1 aromatic heterocycles. The van der Waals surface area contributed by atoms with Crippen LogP contribution in [0, 0.1) is 0 Å². The van der Waals surface area contributed by atoms with Crippen LogP contribution in [0.5, 0.6) is 0 Å². The Kier molecular flexibility index (Phi) is 4.20. The zero-order valence-electron chi connectivity index (χ0n) is 13.9. The Hall–Kier alpha value is -2.89. The van der Waals surface area contributed by atoms with Crippen molar-refractivity contribution in [3.05, 3.63) is 53.7 Å². The minimum atomic E-state index is -0.645. The summed E-state index contributed by atoms with van der Waals surface area (Å²) in [5, 5.41) is 0. The molecule has 0 bridgehead atoms. The highest BCUT2D eigenvalue weighted by molar-refractivity contribution is 6.11. The molecule has 2 heterocycles. The first-order valence-electron chi connectivity index (χ1n) is 7.65. The van der Waals surface area contributed by atoms with Crippen LogP contribution < -0.4 is 9.80 Å². The van der Waals surface area contributed by atoms with E-state index in [-0.39, 0.29) is 5.91 Å². The third-order valence-corrected chi connectivity index (χ3v) is 4.12. The number of esters is 1. The van der Waals surface area contributed by atoms with E-state index in [1.54, 1.807) is 12.1 Å². The Morgan fingerprint density at radius 1 is 1.21 bits per heavy atom. The van der Waals surface area contributed by atoms with Crippen molar-refractivity contribution in [2.75, 3.05) is 31.0 Å². The molecule has 24 heavy (non-hydrogen) atoms. The molecule has 1 amide bonds. The molecule has 1 aliphatic heterocycles. The minimum Gasteiger partial charge on any atom is -0.467 e. The van der Waals surface area contributed by atoms with Crippen LogP contribution in [0.15, 0.2) is 42.6 Å². The van der Waals surface area contributed by atoms with Gasteiger partial charge in [-0.05, 0) is 23.8 Å². The monoisotopic (exact) mass is 325 g/mol.